The number of rotatable bonds is 3. The predicted octanol–water partition coefficient (Wildman–Crippen LogP) is 2.93. The first-order chi connectivity index (χ1) is 8.22. The molecule has 1 unspecified atom stereocenters. The van der Waals surface area contributed by atoms with Crippen LogP contribution in [0.4, 0.5) is 0 Å². The highest BCUT2D eigenvalue weighted by atomic mass is 79.9. The topological polar surface area (TPSA) is 42.4 Å². The Kier molecular flexibility index (Phi) is 3.76. The van der Waals surface area contributed by atoms with Crippen molar-refractivity contribution in [1.29, 1.82) is 0 Å². The number of halogens is 1. The van der Waals surface area contributed by atoms with E-state index in [9.17, 15) is 5.11 Å². The Balaban J connectivity index is 2.40. The molecule has 4 heteroatoms. The predicted molar refractivity (Wildman–Crippen MR) is 69.0 cm³/mol. The number of methoxy groups -OCH3 is 1. The average Bonchev–Trinajstić information content (AvgIpc) is 2.38. The second kappa shape index (κ2) is 5.29. The van der Waals surface area contributed by atoms with Crippen molar-refractivity contribution in [1.82, 2.24) is 4.98 Å². The third-order valence-electron chi connectivity index (χ3n) is 2.44. The van der Waals surface area contributed by atoms with Gasteiger partial charge in [0.1, 0.15) is 17.5 Å². The van der Waals surface area contributed by atoms with Crippen molar-refractivity contribution in [2.75, 3.05) is 7.11 Å². The minimum absolute atomic E-state index is 0.521. The SMILES string of the molecule is COc1cccnc1C(O)c1cccc(Br)c1. The quantitative estimate of drug-likeness (QED) is 0.946. The fraction of sp³-hybridized carbons (Fsp3) is 0.154. The van der Waals surface area contributed by atoms with E-state index in [4.69, 9.17) is 4.74 Å². The molecule has 0 aliphatic carbocycles. The van der Waals surface area contributed by atoms with Crippen molar-refractivity contribution in [3.8, 4) is 5.75 Å². The first-order valence-electron chi connectivity index (χ1n) is 5.15. The lowest BCUT2D eigenvalue weighted by Gasteiger charge is -2.13. The van der Waals surface area contributed by atoms with Crippen molar-refractivity contribution < 1.29 is 9.84 Å². The lowest BCUT2D eigenvalue weighted by atomic mass is 10.1. The van der Waals surface area contributed by atoms with Gasteiger partial charge in [-0.15, -0.1) is 0 Å². The highest BCUT2D eigenvalue weighted by Crippen LogP contribution is 2.28. The lowest BCUT2D eigenvalue weighted by Crippen LogP contribution is -2.04. The first-order valence-corrected chi connectivity index (χ1v) is 5.94. The van der Waals surface area contributed by atoms with Crippen LogP contribution >= 0.6 is 15.9 Å². The van der Waals surface area contributed by atoms with E-state index in [1.807, 2.05) is 24.3 Å². The highest BCUT2D eigenvalue weighted by Gasteiger charge is 2.16. The summed E-state index contributed by atoms with van der Waals surface area (Å²) >= 11 is 3.38. The molecule has 1 atom stereocenters. The van der Waals surface area contributed by atoms with Crippen LogP contribution in [0, 0.1) is 0 Å². The van der Waals surface area contributed by atoms with Crippen LogP contribution in [0.15, 0.2) is 47.1 Å². The minimum atomic E-state index is -0.788. The van der Waals surface area contributed by atoms with Gasteiger partial charge >= 0.3 is 0 Å². The van der Waals surface area contributed by atoms with Crippen LogP contribution in [0.2, 0.25) is 0 Å². The van der Waals surface area contributed by atoms with Crippen LogP contribution in [-0.4, -0.2) is 17.2 Å². The summed E-state index contributed by atoms with van der Waals surface area (Å²) in [5.74, 6) is 0.583. The molecule has 2 rings (SSSR count). The summed E-state index contributed by atoms with van der Waals surface area (Å²) in [4.78, 5) is 4.17. The van der Waals surface area contributed by atoms with Gasteiger partial charge in [-0.25, -0.2) is 0 Å². The largest absolute Gasteiger partial charge is 0.495 e. The van der Waals surface area contributed by atoms with Gasteiger partial charge in [0.05, 0.1) is 7.11 Å². The standard InChI is InChI=1S/C13H12BrNO2/c1-17-11-6-3-7-15-12(11)13(16)9-4-2-5-10(14)8-9/h2-8,13,16H,1H3. The van der Waals surface area contributed by atoms with Gasteiger partial charge in [-0.2, -0.15) is 0 Å². The Morgan fingerprint density at radius 3 is 2.82 bits per heavy atom. The maximum Gasteiger partial charge on any atom is 0.143 e. The summed E-state index contributed by atoms with van der Waals surface area (Å²) in [6.07, 6.45) is 0.850. The average molecular weight is 294 g/mol. The molecule has 17 heavy (non-hydrogen) atoms. The van der Waals surface area contributed by atoms with Gasteiger partial charge in [0.25, 0.3) is 0 Å². The van der Waals surface area contributed by atoms with E-state index < -0.39 is 6.10 Å². The molecule has 0 spiro atoms. The van der Waals surface area contributed by atoms with Crippen molar-refractivity contribution in [3.63, 3.8) is 0 Å². The zero-order valence-corrected chi connectivity index (χ0v) is 10.9. The Labute approximate surface area is 108 Å². The van der Waals surface area contributed by atoms with Gasteiger partial charge in [-0.1, -0.05) is 28.1 Å². The molecule has 0 aliphatic rings. The fourth-order valence-corrected chi connectivity index (χ4v) is 2.03. The van der Waals surface area contributed by atoms with Crippen LogP contribution in [0.3, 0.4) is 0 Å². The summed E-state index contributed by atoms with van der Waals surface area (Å²) < 4.78 is 6.10. The number of hydrogen-bond acceptors (Lipinski definition) is 3. The number of ether oxygens (including phenoxy) is 1. The zero-order valence-electron chi connectivity index (χ0n) is 9.30. The van der Waals surface area contributed by atoms with Gasteiger partial charge in [0, 0.05) is 10.7 Å². The Morgan fingerprint density at radius 2 is 2.12 bits per heavy atom. The molecule has 88 valence electrons. The van der Waals surface area contributed by atoms with Crippen molar-refractivity contribution >= 4 is 15.9 Å². The molecule has 2 aromatic rings. The molecular weight excluding hydrogens is 282 g/mol. The molecule has 1 aromatic heterocycles. The smallest absolute Gasteiger partial charge is 0.143 e. The van der Waals surface area contributed by atoms with Crippen LogP contribution in [0.25, 0.3) is 0 Å². The van der Waals surface area contributed by atoms with Crippen LogP contribution in [0.1, 0.15) is 17.4 Å². The highest BCUT2D eigenvalue weighted by molar-refractivity contribution is 9.10. The van der Waals surface area contributed by atoms with Crippen LogP contribution in [-0.2, 0) is 0 Å². The third-order valence-corrected chi connectivity index (χ3v) is 2.94. The van der Waals surface area contributed by atoms with E-state index in [-0.39, 0.29) is 0 Å². The molecule has 0 aliphatic heterocycles. The summed E-state index contributed by atoms with van der Waals surface area (Å²) in [6.45, 7) is 0. The van der Waals surface area contributed by atoms with Gasteiger partial charge in [-0.3, -0.25) is 4.98 Å². The van der Waals surface area contributed by atoms with Gasteiger partial charge in [0.15, 0.2) is 0 Å². The molecule has 3 nitrogen and oxygen atoms in total. The molecule has 1 N–H and O–H groups in total. The molecule has 0 fully saturated rings. The number of benzene rings is 1. The van der Waals surface area contributed by atoms with E-state index in [1.165, 1.54) is 0 Å². The summed E-state index contributed by atoms with van der Waals surface area (Å²) in [5, 5.41) is 10.3. The van der Waals surface area contributed by atoms with E-state index in [2.05, 4.69) is 20.9 Å². The van der Waals surface area contributed by atoms with Crippen LogP contribution < -0.4 is 4.74 Å². The Morgan fingerprint density at radius 1 is 1.29 bits per heavy atom. The molecule has 0 radical (unpaired) electrons. The molecule has 0 amide bonds. The van der Waals surface area contributed by atoms with Gasteiger partial charge in [-0.05, 0) is 29.8 Å². The first kappa shape index (κ1) is 12.1. The van der Waals surface area contributed by atoms with Crippen molar-refractivity contribution in [2.45, 2.75) is 6.10 Å². The molecule has 0 saturated carbocycles. The van der Waals surface area contributed by atoms with Gasteiger partial charge in [0.2, 0.25) is 0 Å². The van der Waals surface area contributed by atoms with E-state index >= 15 is 0 Å². The molecule has 1 heterocycles. The summed E-state index contributed by atoms with van der Waals surface area (Å²) in [6, 6.07) is 11.0. The van der Waals surface area contributed by atoms with Crippen molar-refractivity contribution in [3.05, 3.63) is 58.3 Å². The lowest BCUT2D eigenvalue weighted by molar-refractivity contribution is 0.209. The maximum atomic E-state index is 10.3. The number of aliphatic hydroxyl groups excluding tert-OH is 1. The number of aliphatic hydroxyl groups is 1. The molecule has 0 bridgehead atoms. The summed E-state index contributed by atoms with van der Waals surface area (Å²) in [7, 11) is 1.56. The van der Waals surface area contributed by atoms with Gasteiger partial charge < -0.3 is 9.84 Å². The zero-order chi connectivity index (χ0) is 12.3. The summed E-state index contributed by atoms with van der Waals surface area (Å²) in [5.41, 5.74) is 1.30. The molecule has 1 aromatic carbocycles. The Bertz CT molecular complexity index is 516. The second-order valence-electron chi connectivity index (χ2n) is 3.55. The van der Waals surface area contributed by atoms with E-state index in [1.54, 1.807) is 25.4 Å². The maximum absolute atomic E-state index is 10.3. The van der Waals surface area contributed by atoms with Crippen LogP contribution in [0.5, 0.6) is 5.75 Å². The van der Waals surface area contributed by atoms with Crippen molar-refractivity contribution in [2.24, 2.45) is 0 Å². The fourth-order valence-electron chi connectivity index (χ4n) is 1.62. The number of nitrogens with zero attached hydrogens (tertiary/aromatic N) is 1. The minimum Gasteiger partial charge on any atom is -0.495 e. The molecule has 0 saturated heterocycles. The third kappa shape index (κ3) is 2.65. The normalized spacial score (nSPS) is 12.2. The van der Waals surface area contributed by atoms with E-state index in [0.717, 1.165) is 10.0 Å². The number of pyridine rings is 1. The van der Waals surface area contributed by atoms with E-state index in [0.29, 0.717) is 11.4 Å². The second-order valence-corrected chi connectivity index (χ2v) is 4.46. The monoisotopic (exact) mass is 293 g/mol. The molecular formula is C13H12BrNO2. The Hall–Kier alpha value is -1.39. The number of hydrogen-bond donors (Lipinski definition) is 1. The number of aromatic nitrogens is 1.